The molecule has 1 aromatic carbocycles. The molecule has 26 heavy (non-hydrogen) atoms. The lowest BCUT2D eigenvalue weighted by atomic mass is 10.2. The third kappa shape index (κ3) is 4.11. The predicted molar refractivity (Wildman–Crippen MR) is 96.0 cm³/mol. The summed E-state index contributed by atoms with van der Waals surface area (Å²) in [5.74, 6) is -1.87. The Balaban J connectivity index is 1.46. The second-order valence-corrected chi connectivity index (χ2v) is 6.20. The minimum Gasteiger partial charge on any atom is -0.461 e. The molecule has 2 heterocycles. The molecule has 0 bridgehead atoms. The van der Waals surface area contributed by atoms with Crippen LogP contribution in [0.5, 0.6) is 0 Å². The number of nitrogens with zero attached hydrogens (tertiary/aromatic N) is 2. The number of piperazine rings is 1. The van der Waals surface area contributed by atoms with Crippen molar-refractivity contribution in [3.05, 3.63) is 54.0 Å². The van der Waals surface area contributed by atoms with Crippen LogP contribution in [0.1, 0.15) is 16.1 Å². The first kappa shape index (κ1) is 17.7. The molecule has 0 radical (unpaired) electrons. The monoisotopic (exact) mass is 355 g/mol. The topological polar surface area (TPSA) is 82.9 Å². The van der Waals surface area contributed by atoms with Crippen LogP contribution in [0.3, 0.4) is 0 Å². The van der Waals surface area contributed by atoms with E-state index in [-0.39, 0.29) is 18.2 Å². The summed E-state index contributed by atoms with van der Waals surface area (Å²) in [5.41, 5.74) is 2.35. The summed E-state index contributed by atoms with van der Waals surface area (Å²) in [7, 11) is 0. The molecule has 0 spiro atoms. The normalized spacial score (nSPS) is 14.2. The van der Waals surface area contributed by atoms with Gasteiger partial charge in [-0.3, -0.25) is 14.4 Å². The fourth-order valence-corrected chi connectivity index (χ4v) is 2.91. The molecular weight excluding hydrogens is 334 g/mol. The summed E-state index contributed by atoms with van der Waals surface area (Å²) in [6, 6.07) is 11.2. The standard InChI is InChI=1S/C19H21N3O4/c1-14-4-2-5-15(12-14)21-7-9-22(10-8-21)17(23)13-20-19(25)18(24)16-6-3-11-26-16/h2-6,11-12H,7-10,13H2,1H3,(H,20,25). The first-order chi connectivity index (χ1) is 12.5. The summed E-state index contributed by atoms with van der Waals surface area (Å²) < 4.78 is 4.89. The third-order valence-electron chi connectivity index (χ3n) is 4.35. The summed E-state index contributed by atoms with van der Waals surface area (Å²) in [6.45, 7) is 4.47. The zero-order valence-electron chi connectivity index (χ0n) is 14.6. The van der Waals surface area contributed by atoms with Gasteiger partial charge in [0.2, 0.25) is 5.91 Å². The molecule has 1 aliphatic rings. The molecule has 7 nitrogen and oxygen atoms in total. The fraction of sp³-hybridized carbons (Fsp3) is 0.316. The largest absolute Gasteiger partial charge is 0.461 e. The number of furan rings is 1. The maximum absolute atomic E-state index is 12.3. The van der Waals surface area contributed by atoms with Crippen LogP contribution in [0.4, 0.5) is 5.69 Å². The van der Waals surface area contributed by atoms with E-state index in [0.717, 1.165) is 18.8 Å². The van der Waals surface area contributed by atoms with E-state index < -0.39 is 11.7 Å². The molecule has 0 atom stereocenters. The molecule has 7 heteroatoms. The molecular formula is C19H21N3O4. The van der Waals surface area contributed by atoms with Crippen molar-refractivity contribution >= 4 is 23.3 Å². The minimum atomic E-state index is -0.841. The van der Waals surface area contributed by atoms with Gasteiger partial charge in [0.05, 0.1) is 12.8 Å². The van der Waals surface area contributed by atoms with E-state index in [1.165, 1.54) is 24.0 Å². The zero-order chi connectivity index (χ0) is 18.5. The lowest BCUT2D eigenvalue weighted by Crippen LogP contribution is -2.51. The van der Waals surface area contributed by atoms with E-state index in [0.29, 0.717) is 13.1 Å². The van der Waals surface area contributed by atoms with E-state index in [9.17, 15) is 14.4 Å². The Hall–Kier alpha value is -3.09. The molecule has 2 aromatic rings. The molecule has 3 rings (SSSR count). The van der Waals surface area contributed by atoms with Crippen molar-refractivity contribution in [3.63, 3.8) is 0 Å². The van der Waals surface area contributed by atoms with Gasteiger partial charge in [-0.15, -0.1) is 0 Å². The highest BCUT2D eigenvalue weighted by molar-refractivity contribution is 6.42. The highest BCUT2D eigenvalue weighted by atomic mass is 16.3. The summed E-state index contributed by atoms with van der Waals surface area (Å²) in [5, 5.41) is 2.36. The number of rotatable bonds is 5. The zero-order valence-corrected chi connectivity index (χ0v) is 14.6. The molecule has 0 unspecified atom stereocenters. The first-order valence-electron chi connectivity index (χ1n) is 8.50. The average molecular weight is 355 g/mol. The quantitative estimate of drug-likeness (QED) is 0.644. The molecule has 136 valence electrons. The van der Waals surface area contributed by atoms with Gasteiger partial charge in [0.1, 0.15) is 0 Å². The number of ketones is 1. The van der Waals surface area contributed by atoms with Crippen LogP contribution in [0.2, 0.25) is 0 Å². The van der Waals surface area contributed by atoms with Crippen molar-refractivity contribution in [2.75, 3.05) is 37.6 Å². The summed E-state index contributed by atoms with van der Waals surface area (Å²) >= 11 is 0. The van der Waals surface area contributed by atoms with Crippen molar-refractivity contribution in [3.8, 4) is 0 Å². The molecule has 0 saturated carbocycles. The van der Waals surface area contributed by atoms with Crippen molar-refractivity contribution in [1.82, 2.24) is 10.2 Å². The van der Waals surface area contributed by atoms with Gasteiger partial charge < -0.3 is 19.5 Å². The second kappa shape index (κ2) is 7.86. The predicted octanol–water partition coefficient (Wildman–Crippen LogP) is 1.24. The summed E-state index contributed by atoms with van der Waals surface area (Å²) in [4.78, 5) is 39.8. The van der Waals surface area contributed by atoms with Crippen molar-refractivity contribution < 1.29 is 18.8 Å². The maximum atomic E-state index is 12.3. The Bertz CT molecular complexity index is 793. The van der Waals surface area contributed by atoms with Gasteiger partial charge in [0, 0.05) is 31.9 Å². The number of amides is 2. The Morgan fingerprint density at radius 3 is 2.50 bits per heavy atom. The van der Waals surface area contributed by atoms with Crippen LogP contribution < -0.4 is 10.2 Å². The highest BCUT2D eigenvalue weighted by Gasteiger charge is 2.23. The van der Waals surface area contributed by atoms with Gasteiger partial charge >= 0.3 is 0 Å². The molecule has 1 N–H and O–H groups in total. The van der Waals surface area contributed by atoms with Crippen LogP contribution in [0, 0.1) is 6.92 Å². The van der Waals surface area contributed by atoms with E-state index >= 15 is 0 Å². The molecule has 1 aliphatic heterocycles. The SMILES string of the molecule is Cc1cccc(N2CCN(C(=O)CNC(=O)C(=O)c3ccco3)CC2)c1. The van der Waals surface area contributed by atoms with Crippen LogP contribution in [-0.2, 0) is 9.59 Å². The lowest BCUT2D eigenvalue weighted by Gasteiger charge is -2.36. The van der Waals surface area contributed by atoms with Crippen LogP contribution in [0.25, 0.3) is 0 Å². The average Bonchev–Trinajstić information content (AvgIpc) is 3.20. The van der Waals surface area contributed by atoms with Crippen LogP contribution >= 0.6 is 0 Å². The highest BCUT2D eigenvalue weighted by Crippen LogP contribution is 2.17. The number of hydrogen-bond acceptors (Lipinski definition) is 5. The second-order valence-electron chi connectivity index (χ2n) is 6.20. The Kier molecular flexibility index (Phi) is 5.36. The molecule has 1 fully saturated rings. The smallest absolute Gasteiger partial charge is 0.296 e. The first-order valence-corrected chi connectivity index (χ1v) is 8.50. The number of anilines is 1. The number of benzene rings is 1. The lowest BCUT2D eigenvalue weighted by molar-refractivity contribution is -0.132. The minimum absolute atomic E-state index is 0.0401. The van der Waals surface area contributed by atoms with Gasteiger partial charge in [-0.05, 0) is 36.8 Å². The number of hydrogen-bond donors (Lipinski definition) is 1. The summed E-state index contributed by atoms with van der Waals surface area (Å²) in [6.07, 6.45) is 1.32. The van der Waals surface area contributed by atoms with E-state index in [4.69, 9.17) is 4.42 Å². The number of nitrogens with one attached hydrogen (secondary N) is 1. The molecule has 0 aliphatic carbocycles. The van der Waals surface area contributed by atoms with Gasteiger partial charge in [0.15, 0.2) is 5.76 Å². The number of aryl methyl sites for hydroxylation is 1. The number of carbonyl (C=O) groups excluding carboxylic acids is 3. The fourth-order valence-electron chi connectivity index (χ4n) is 2.91. The van der Waals surface area contributed by atoms with Gasteiger partial charge in [-0.1, -0.05) is 12.1 Å². The van der Waals surface area contributed by atoms with Crippen molar-refractivity contribution in [2.24, 2.45) is 0 Å². The molecule has 2 amide bonds. The molecule has 1 aromatic heterocycles. The Morgan fingerprint density at radius 2 is 1.85 bits per heavy atom. The van der Waals surface area contributed by atoms with E-state index in [1.807, 2.05) is 6.07 Å². The van der Waals surface area contributed by atoms with Gasteiger partial charge in [-0.2, -0.15) is 0 Å². The van der Waals surface area contributed by atoms with E-state index in [2.05, 4.69) is 35.3 Å². The van der Waals surface area contributed by atoms with Crippen molar-refractivity contribution in [1.29, 1.82) is 0 Å². The van der Waals surface area contributed by atoms with Crippen LogP contribution in [-0.4, -0.2) is 55.2 Å². The molecule has 1 saturated heterocycles. The number of carbonyl (C=O) groups is 3. The Labute approximate surface area is 151 Å². The van der Waals surface area contributed by atoms with Crippen molar-refractivity contribution in [2.45, 2.75) is 6.92 Å². The maximum Gasteiger partial charge on any atom is 0.296 e. The van der Waals surface area contributed by atoms with Gasteiger partial charge in [0.25, 0.3) is 11.7 Å². The van der Waals surface area contributed by atoms with E-state index in [1.54, 1.807) is 4.90 Å². The number of Topliss-reactive ketones (excluding diaryl/α,β-unsaturated/α-hetero) is 1. The Morgan fingerprint density at radius 1 is 1.08 bits per heavy atom. The van der Waals surface area contributed by atoms with Crippen LogP contribution in [0.15, 0.2) is 47.1 Å². The van der Waals surface area contributed by atoms with Gasteiger partial charge in [-0.25, -0.2) is 0 Å². The third-order valence-corrected chi connectivity index (χ3v) is 4.35.